The van der Waals surface area contributed by atoms with Gasteiger partial charge in [-0.25, -0.2) is 4.68 Å². The maximum atomic E-state index is 10.9. The van der Waals surface area contributed by atoms with E-state index in [9.17, 15) is 15.0 Å². The molecule has 106 valence electrons. The number of aliphatic hydroxyl groups is 2. The minimum absolute atomic E-state index is 0.404. The van der Waals surface area contributed by atoms with Crippen molar-refractivity contribution in [3.8, 4) is 5.69 Å². The van der Waals surface area contributed by atoms with Crippen molar-refractivity contribution in [1.29, 1.82) is 0 Å². The third kappa shape index (κ3) is 2.71. The molecular weight excluding hydrogens is 258 g/mol. The van der Waals surface area contributed by atoms with Crippen molar-refractivity contribution in [1.82, 2.24) is 9.78 Å². The molecule has 0 fully saturated rings. The van der Waals surface area contributed by atoms with E-state index in [4.69, 9.17) is 5.73 Å². The van der Waals surface area contributed by atoms with E-state index >= 15 is 0 Å². The molecule has 0 saturated heterocycles. The van der Waals surface area contributed by atoms with E-state index in [1.807, 2.05) is 26.0 Å². The van der Waals surface area contributed by atoms with Crippen molar-refractivity contribution < 1.29 is 15.0 Å². The van der Waals surface area contributed by atoms with Crippen LogP contribution in [-0.2, 0) is 4.79 Å². The van der Waals surface area contributed by atoms with E-state index in [0.29, 0.717) is 5.56 Å². The minimum Gasteiger partial charge on any atom is -0.385 e. The number of aromatic nitrogens is 2. The van der Waals surface area contributed by atoms with Crippen LogP contribution in [-0.4, -0.2) is 32.0 Å². The van der Waals surface area contributed by atoms with Crippen molar-refractivity contribution in [3.63, 3.8) is 0 Å². The number of hydrogen-bond acceptors (Lipinski definition) is 4. The predicted octanol–water partition coefficient (Wildman–Crippen LogP) is 0.369. The van der Waals surface area contributed by atoms with Gasteiger partial charge in [-0.05, 0) is 37.6 Å². The fraction of sp³-hybridized carbons (Fsp3) is 0.286. The third-order valence-electron chi connectivity index (χ3n) is 3.06. The van der Waals surface area contributed by atoms with Crippen LogP contribution in [0.2, 0.25) is 0 Å². The van der Waals surface area contributed by atoms with E-state index in [2.05, 4.69) is 5.10 Å². The van der Waals surface area contributed by atoms with Gasteiger partial charge in [0.15, 0.2) is 6.10 Å². The van der Waals surface area contributed by atoms with Crippen LogP contribution >= 0.6 is 0 Å². The number of primary amides is 1. The van der Waals surface area contributed by atoms with Gasteiger partial charge in [0.2, 0.25) is 5.91 Å². The first-order valence-electron chi connectivity index (χ1n) is 6.19. The van der Waals surface area contributed by atoms with E-state index in [-0.39, 0.29) is 0 Å². The van der Waals surface area contributed by atoms with E-state index in [1.165, 1.54) is 0 Å². The zero-order chi connectivity index (χ0) is 14.9. The SMILES string of the molecule is Cc1cc(C)n(-c2cccc(C(O)C(O)C(N)=O)c2)n1. The molecule has 2 unspecified atom stereocenters. The number of rotatable bonds is 4. The highest BCUT2D eigenvalue weighted by atomic mass is 16.3. The van der Waals surface area contributed by atoms with Crippen molar-refractivity contribution in [2.75, 3.05) is 0 Å². The van der Waals surface area contributed by atoms with Gasteiger partial charge in [0, 0.05) is 5.69 Å². The number of aryl methyl sites for hydroxylation is 2. The second-order valence-corrected chi connectivity index (χ2v) is 4.73. The minimum atomic E-state index is -1.63. The Morgan fingerprint density at radius 1 is 1.30 bits per heavy atom. The van der Waals surface area contributed by atoms with Gasteiger partial charge < -0.3 is 15.9 Å². The molecule has 0 aliphatic rings. The summed E-state index contributed by atoms with van der Waals surface area (Å²) in [5, 5.41) is 23.8. The van der Waals surface area contributed by atoms with Crippen molar-refractivity contribution >= 4 is 5.91 Å². The molecule has 6 heteroatoms. The van der Waals surface area contributed by atoms with E-state index in [0.717, 1.165) is 17.1 Å². The lowest BCUT2D eigenvalue weighted by Gasteiger charge is -2.16. The zero-order valence-corrected chi connectivity index (χ0v) is 11.3. The molecule has 2 rings (SSSR count). The third-order valence-corrected chi connectivity index (χ3v) is 3.06. The molecule has 1 aromatic heterocycles. The Morgan fingerprint density at radius 2 is 2.00 bits per heavy atom. The Bertz CT molecular complexity index is 636. The molecule has 0 radical (unpaired) electrons. The highest BCUT2D eigenvalue weighted by Gasteiger charge is 2.23. The average Bonchev–Trinajstić information content (AvgIpc) is 2.76. The first-order valence-corrected chi connectivity index (χ1v) is 6.19. The second kappa shape index (κ2) is 5.44. The largest absolute Gasteiger partial charge is 0.385 e. The molecule has 1 aromatic carbocycles. The maximum Gasteiger partial charge on any atom is 0.249 e. The molecule has 2 atom stereocenters. The summed E-state index contributed by atoms with van der Waals surface area (Å²) >= 11 is 0. The number of amides is 1. The van der Waals surface area contributed by atoms with Gasteiger partial charge in [-0.1, -0.05) is 12.1 Å². The molecule has 2 aromatic rings. The number of carbonyl (C=O) groups excluding carboxylic acids is 1. The lowest BCUT2D eigenvalue weighted by Crippen LogP contribution is -2.33. The number of nitrogens with zero attached hydrogens (tertiary/aromatic N) is 2. The fourth-order valence-corrected chi connectivity index (χ4v) is 2.07. The van der Waals surface area contributed by atoms with Crippen LogP contribution < -0.4 is 5.73 Å². The summed E-state index contributed by atoms with van der Waals surface area (Å²) in [5.74, 6) is -0.964. The second-order valence-electron chi connectivity index (χ2n) is 4.73. The lowest BCUT2D eigenvalue weighted by atomic mass is 10.0. The van der Waals surface area contributed by atoms with Crippen LogP contribution in [0.1, 0.15) is 23.1 Å². The molecule has 4 N–H and O–H groups in total. The van der Waals surface area contributed by atoms with Gasteiger partial charge in [-0.2, -0.15) is 5.10 Å². The lowest BCUT2D eigenvalue weighted by molar-refractivity contribution is -0.131. The highest BCUT2D eigenvalue weighted by Crippen LogP contribution is 2.21. The monoisotopic (exact) mass is 275 g/mol. The molecule has 0 bridgehead atoms. The van der Waals surface area contributed by atoms with Gasteiger partial charge in [-0.15, -0.1) is 0 Å². The Kier molecular flexibility index (Phi) is 3.87. The van der Waals surface area contributed by atoms with Crippen LogP contribution in [0.15, 0.2) is 30.3 Å². The van der Waals surface area contributed by atoms with Crippen molar-refractivity contribution in [2.24, 2.45) is 5.73 Å². The van der Waals surface area contributed by atoms with Crippen molar-refractivity contribution in [2.45, 2.75) is 26.1 Å². The zero-order valence-electron chi connectivity index (χ0n) is 11.3. The molecular formula is C14H17N3O3. The summed E-state index contributed by atoms with van der Waals surface area (Å²) in [4.78, 5) is 10.9. The summed E-state index contributed by atoms with van der Waals surface area (Å²) in [6.07, 6.45) is -2.99. The molecule has 20 heavy (non-hydrogen) atoms. The molecule has 1 amide bonds. The number of nitrogens with two attached hydrogens (primary N) is 1. The Labute approximate surface area is 116 Å². The summed E-state index contributed by atoms with van der Waals surface area (Å²) in [6.45, 7) is 3.81. The topological polar surface area (TPSA) is 101 Å². The maximum absolute atomic E-state index is 10.9. The first kappa shape index (κ1) is 14.2. The van der Waals surface area contributed by atoms with E-state index in [1.54, 1.807) is 22.9 Å². The Balaban J connectivity index is 2.38. The summed E-state index contributed by atoms with van der Waals surface area (Å²) in [6, 6.07) is 8.76. The van der Waals surface area contributed by atoms with Crippen LogP contribution in [0.3, 0.4) is 0 Å². The normalized spacial score (nSPS) is 14.0. The molecule has 1 heterocycles. The van der Waals surface area contributed by atoms with Crippen LogP contribution in [0.5, 0.6) is 0 Å². The van der Waals surface area contributed by atoms with Gasteiger partial charge >= 0.3 is 0 Å². The van der Waals surface area contributed by atoms with Crippen LogP contribution in [0, 0.1) is 13.8 Å². The van der Waals surface area contributed by atoms with Crippen LogP contribution in [0.25, 0.3) is 5.69 Å². The number of benzene rings is 1. The smallest absolute Gasteiger partial charge is 0.249 e. The molecule has 0 aliphatic carbocycles. The fourth-order valence-electron chi connectivity index (χ4n) is 2.07. The standard InChI is InChI=1S/C14H17N3O3/c1-8-6-9(2)17(16-8)11-5-3-4-10(7-11)12(18)13(19)14(15)20/h3-7,12-13,18-19H,1-2H3,(H2,15,20). The van der Waals surface area contributed by atoms with Gasteiger partial charge in [0.25, 0.3) is 0 Å². The molecule has 0 saturated carbocycles. The highest BCUT2D eigenvalue weighted by molar-refractivity contribution is 5.79. The number of aliphatic hydroxyl groups excluding tert-OH is 2. The summed E-state index contributed by atoms with van der Waals surface area (Å²) in [5.41, 5.74) is 7.96. The first-order chi connectivity index (χ1) is 9.40. The Morgan fingerprint density at radius 3 is 2.55 bits per heavy atom. The van der Waals surface area contributed by atoms with Crippen LogP contribution in [0.4, 0.5) is 0 Å². The van der Waals surface area contributed by atoms with E-state index < -0.39 is 18.1 Å². The van der Waals surface area contributed by atoms with Gasteiger partial charge in [-0.3, -0.25) is 4.79 Å². The average molecular weight is 275 g/mol. The number of hydrogen-bond donors (Lipinski definition) is 3. The number of carbonyl (C=O) groups is 1. The summed E-state index contributed by atoms with van der Waals surface area (Å²) < 4.78 is 1.72. The molecule has 6 nitrogen and oxygen atoms in total. The Hall–Kier alpha value is -2.18. The van der Waals surface area contributed by atoms with Crippen molar-refractivity contribution in [3.05, 3.63) is 47.3 Å². The van der Waals surface area contributed by atoms with Gasteiger partial charge in [0.05, 0.1) is 11.4 Å². The quantitative estimate of drug-likeness (QED) is 0.750. The molecule has 0 spiro atoms. The summed E-state index contributed by atoms with van der Waals surface area (Å²) in [7, 11) is 0. The molecule has 0 aliphatic heterocycles. The van der Waals surface area contributed by atoms with Gasteiger partial charge in [0.1, 0.15) is 6.10 Å². The predicted molar refractivity (Wildman–Crippen MR) is 73.2 cm³/mol.